The highest BCUT2D eigenvalue weighted by Gasteiger charge is 2.22. The molecular formula is C19H17F4N3O2S. The first kappa shape index (κ1) is 20.8. The van der Waals surface area contributed by atoms with E-state index >= 15 is 0 Å². The molecule has 0 saturated heterocycles. The fraction of sp³-hybridized carbons (Fsp3) is 0.211. The van der Waals surface area contributed by atoms with Crippen LogP contribution >= 0.6 is 0 Å². The molecule has 0 spiro atoms. The van der Waals surface area contributed by atoms with Gasteiger partial charge in [0.05, 0.1) is 17.0 Å². The number of hydrogen-bond donors (Lipinski definition) is 1. The summed E-state index contributed by atoms with van der Waals surface area (Å²) >= 11 is 0. The van der Waals surface area contributed by atoms with E-state index in [1.807, 2.05) is 6.92 Å². The first-order valence-electron chi connectivity index (χ1n) is 8.45. The van der Waals surface area contributed by atoms with Crippen LogP contribution in [0, 0.1) is 44.0 Å². The van der Waals surface area contributed by atoms with Gasteiger partial charge in [0.1, 0.15) is 0 Å². The second kappa shape index (κ2) is 7.51. The van der Waals surface area contributed by atoms with Crippen LogP contribution in [0.5, 0.6) is 0 Å². The zero-order valence-corrected chi connectivity index (χ0v) is 16.5. The maximum absolute atomic E-state index is 13.8. The fourth-order valence-corrected chi connectivity index (χ4v) is 4.66. The zero-order valence-electron chi connectivity index (χ0n) is 15.7. The van der Waals surface area contributed by atoms with E-state index < -0.39 is 45.4 Å². The molecular weight excluding hydrogens is 410 g/mol. The molecule has 5 nitrogen and oxygen atoms in total. The molecule has 0 aliphatic rings. The summed E-state index contributed by atoms with van der Waals surface area (Å²) in [5.74, 6) is -6.24. The molecule has 3 aromatic rings. The predicted octanol–water partition coefficient (Wildman–Crippen LogP) is 4.21. The number of rotatable bonds is 5. The number of aromatic nitrogens is 2. The van der Waals surface area contributed by atoms with Crippen LogP contribution in [0.4, 0.5) is 23.4 Å². The molecule has 154 valence electrons. The molecule has 3 rings (SSSR count). The van der Waals surface area contributed by atoms with E-state index in [0.717, 1.165) is 10.2 Å². The van der Waals surface area contributed by atoms with Crippen molar-refractivity contribution in [3.05, 3.63) is 76.0 Å². The molecule has 0 amide bonds. The van der Waals surface area contributed by atoms with Gasteiger partial charge < -0.3 is 0 Å². The van der Waals surface area contributed by atoms with E-state index in [2.05, 4.69) is 9.82 Å². The largest absolute Gasteiger partial charge is 0.266 e. The number of anilines is 1. The van der Waals surface area contributed by atoms with Gasteiger partial charge in [0.15, 0.2) is 29.1 Å². The van der Waals surface area contributed by atoms with Gasteiger partial charge in [-0.3, -0.25) is 9.40 Å². The van der Waals surface area contributed by atoms with Crippen LogP contribution in [-0.2, 0) is 16.6 Å². The summed E-state index contributed by atoms with van der Waals surface area (Å²) in [5, 5.41) is 3.88. The van der Waals surface area contributed by atoms with Gasteiger partial charge in [0.25, 0.3) is 10.0 Å². The highest BCUT2D eigenvalue weighted by atomic mass is 32.2. The van der Waals surface area contributed by atoms with Crippen LogP contribution in [-0.4, -0.2) is 18.2 Å². The molecule has 0 bridgehead atoms. The molecule has 0 unspecified atom stereocenters. The maximum atomic E-state index is 13.8. The Balaban J connectivity index is 1.89. The normalized spacial score (nSPS) is 11.7. The van der Waals surface area contributed by atoms with Crippen molar-refractivity contribution in [2.45, 2.75) is 32.2 Å². The average Bonchev–Trinajstić information content (AvgIpc) is 3.02. The summed E-state index contributed by atoms with van der Waals surface area (Å²) in [6.07, 6.45) is 1.23. The lowest BCUT2D eigenvalue weighted by atomic mass is 10.1. The molecule has 0 aliphatic heterocycles. The molecule has 1 heterocycles. The Kier molecular flexibility index (Phi) is 5.40. The minimum atomic E-state index is -3.97. The number of halogens is 4. The third kappa shape index (κ3) is 4.12. The Morgan fingerprint density at radius 3 is 2.07 bits per heavy atom. The quantitative estimate of drug-likeness (QED) is 0.490. The van der Waals surface area contributed by atoms with E-state index in [-0.39, 0.29) is 16.8 Å². The van der Waals surface area contributed by atoms with Gasteiger partial charge in [0.2, 0.25) is 0 Å². The number of nitrogens with one attached hydrogen (secondary N) is 1. The Labute approximate surface area is 165 Å². The van der Waals surface area contributed by atoms with E-state index in [0.29, 0.717) is 11.1 Å². The third-order valence-corrected chi connectivity index (χ3v) is 5.94. The summed E-state index contributed by atoms with van der Waals surface area (Å²) in [4.78, 5) is 0.0990. The van der Waals surface area contributed by atoms with E-state index in [9.17, 15) is 26.0 Å². The molecule has 0 fully saturated rings. The lowest BCUT2D eigenvalue weighted by Gasteiger charge is -2.12. The van der Waals surface area contributed by atoms with Gasteiger partial charge in [-0.1, -0.05) is 17.7 Å². The van der Waals surface area contributed by atoms with E-state index in [1.54, 1.807) is 26.0 Å². The Morgan fingerprint density at radius 1 is 0.966 bits per heavy atom. The van der Waals surface area contributed by atoms with Crippen molar-refractivity contribution in [3.63, 3.8) is 0 Å². The summed E-state index contributed by atoms with van der Waals surface area (Å²) in [5.41, 5.74) is 1.16. The Bertz CT molecular complexity index is 1160. The van der Waals surface area contributed by atoms with E-state index in [1.165, 1.54) is 12.3 Å². The number of benzene rings is 2. The number of sulfonamides is 1. The summed E-state index contributed by atoms with van der Waals surface area (Å²) in [6, 6.07) is 4.83. The van der Waals surface area contributed by atoms with Crippen LogP contribution in [0.3, 0.4) is 0 Å². The smallest absolute Gasteiger partial charge is 0.263 e. The van der Waals surface area contributed by atoms with Crippen LogP contribution in [0.2, 0.25) is 0 Å². The fourth-order valence-electron chi connectivity index (χ4n) is 3.21. The van der Waals surface area contributed by atoms with Crippen LogP contribution in [0.25, 0.3) is 0 Å². The van der Waals surface area contributed by atoms with Crippen molar-refractivity contribution in [1.82, 2.24) is 9.78 Å². The molecule has 10 heteroatoms. The van der Waals surface area contributed by atoms with Crippen LogP contribution in [0.1, 0.15) is 22.3 Å². The second-order valence-corrected chi connectivity index (χ2v) is 8.30. The number of hydrogen-bond acceptors (Lipinski definition) is 3. The first-order valence-corrected chi connectivity index (χ1v) is 9.94. The molecule has 0 saturated carbocycles. The summed E-state index contributed by atoms with van der Waals surface area (Å²) in [7, 11) is -3.97. The standard InChI is InChI=1S/C19H17F4N3O2S/c1-10-6-11(2)19(12(3)7-10)29(27,28)25-16-4-5-26(24-16)9-13-17(22)14(20)8-15(21)18(13)23/h4-8H,9H2,1-3H3,(H,24,25). The highest BCUT2D eigenvalue weighted by molar-refractivity contribution is 7.92. The Hall–Kier alpha value is -2.88. The van der Waals surface area contributed by atoms with Crippen molar-refractivity contribution in [3.8, 4) is 0 Å². The summed E-state index contributed by atoms with van der Waals surface area (Å²) in [6.45, 7) is 4.55. The Morgan fingerprint density at radius 2 is 1.52 bits per heavy atom. The first-order chi connectivity index (χ1) is 13.5. The van der Waals surface area contributed by atoms with Gasteiger partial charge in [-0.15, -0.1) is 0 Å². The minimum absolute atomic E-state index is 0.0990. The van der Waals surface area contributed by atoms with Crippen molar-refractivity contribution >= 4 is 15.8 Å². The minimum Gasteiger partial charge on any atom is -0.266 e. The molecule has 0 radical (unpaired) electrons. The molecule has 0 aliphatic carbocycles. The number of aryl methyl sites for hydroxylation is 3. The van der Waals surface area contributed by atoms with Crippen molar-refractivity contribution in [1.29, 1.82) is 0 Å². The van der Waals surface area contributed by atoms with Gasteiger partial charge >= 0.3 is 0 Å². The lowest BCUT2D eigenvalue weighted by Crippen LogP contribution is -2.17. The van der Waals surface area contributed by atoms with Crippen molar-refractivity contribution < 1.29 is 26.0 Å². The second-order valence-electron chi connectivity index (χ2n) is 6.68. The van der Waals surface area contributed by atoms with Gasteiger partial charge in [-0.05, 0) is 31.9 Å². The molecule has 1 aromatic heterocycles. The van der Waals surface area contributed by atoms with Gasteiger partial charge in [-0.25, -0.2) is 26.0 Å². The summed E-state index contributed by atoms with van der Waals surface area (Å²) < 4.78 is 83.1. The van der Waals surface area contributed by atoms with Crippen LogP contribution in [0.15, 0.2) is 35.4 Å². The van der Waals surface area contributed by atoms with E-state index in [4.69, 9.17) is 0 Å². The SMILES string of the molecule is Cc1cc(C)c(S(=O)(=O)Nc2ccn(Cc3c(F)c(F)cc(F)c3F)n2)c(C)c1. The highest BCUT2D eigenvalue weighted by Crippen LogP contribution is 2.24. The third-order valence-electron chi connectivity index (χ3n) is 4.28. The topological polar surface area (TPSA) is 64.0 Å². The molecule has 0 atom stereocenters. The number of nitrogens with zero attached hydrogens (tertiary/aromatic N) is 2. The van der Waals surface area contributed by atoms with Crippen molar-refractivity contribution in [2.24, 2.45) is 0 Å². The average molecular weight is 427 g/mol. The lowest BCUT2D eigenvalue weighted by molar-refractivity contribution is 0.431. The monoisotopic (exact) mass is 427 g/mol. The molecule has 2 aromatic carbocycles. The maximum Gasteiger partial charge on any atom is 0.263 e. The molecule has 29 heavy (non-hydrogen) atoms. The van der Waals surface area contributed by atoms with Crippen molar-refractivity contribution in [2.75, 3.05) is 4.72 Å². The predicted molar refractivity (Wildman–Crippen MR) is 99.1 cm³/mol. The van der Waals surface area contributed by atoms with Gasteiger partial charge in [-0.2, -0.15) is 5.10 Å². The molecule has 1 N–H and O–H groups in total. The zero-order chi connectivity index (χ0) is 21.5. The van der Waals surface area contributed by atoms with Crippen LogP contribution < -0.4 is 4.72 Å². The van der Waals surface area contributed by atoms with Gasteiger partial charge in [0, 0.05) is 18.3 Å².